The molecule has 2 aromatic carbocycles. The Bertz CT molecular complexity index is 584. The minimum atomic E-state index is 0.398. The van der Waals surface area contributed by atoms with Crippen LogP contribution in [0.5, 0.6) is 11.5 Å². The van der Waals surface area contributed by atoms with Gasteiger partial charge in [-0.25, -0.2) is 0 Å². The maximum absolute atomic E-state index is 5.97. The smallest absolute Gasteiger partial charge is 0.125 e. The Balaban J connectivity index is 2.13. The second-order valence-electron chi connectivity index (χ2n) is 4.27. The number of halogens is 1. The van der Waals surface area contributed by atoms with Crippen molar-refractivity contribution in [2.75, 3.05) is 12.8 Å². The van der Waals surface area contributed by atoms with Gasteiger partial charge in [-0.05, 0) is 48.9 Å². The zero-order valence-corrected chi connectivity index (χ0v) is 11.7. The third kappa shape index (κ3) is 3.32. The van der Waals surface area contributed by atoms with Gasteiger partial charge < -0.3 is 15.2 Å². The molecule has 0 aliphatic carbocycles. The number of ether oxygens (including phenoxy) is 2. The van der Waals surface area contributed by atoms with Gasteiger partial charge in [-0.3, -0.25) is 0 Å². The number of hydrogen-bond acceptors (Lipinski definition) is 3. The molecule has 0 atom stereocenters. The summed E-state index contributed by atoms with van der Waals surface area (Å²) in [6.45, 7) is 2.34. The lowest BCUT2D eigenvalue weighted by Crippen LogP contribution is -2.00. The molecule has 3 nitrogen and oxygen atoms in total. The van der Waals surface area contributed by atoms with E-state index in [1.165, 1.54) is 0 Å². The van der Waals surface area contributed by atoms with Crippen LogP contribution in [0.25, 0.3) is 0 Å². The Hall–Kier alpha value is -1.87. The molecule has 0 radical (unpaired) electrons. The summed E-state index contributed by atoms with van der Waals surface area (Å²) in [6.07, 6.45) is 0. The molecule has 100 valence electrons. The molecule has 0 aliphatic rings. The summed E-state index contributed by atoms with van der Waals surface area (Å²) >= 11 is 5.97. The average Bonchev–Trinajstić information content (AvgIpc) is 2.40. The van der Waals surface area contributed by atoms with Gasteiger partial charge in [-0.15, -0.1) is 0 Å². The van der Waals surface area contributed by atoms with Crippen LogP contribution in [0.1, 0.15) is 11.1 Å². The van der Waals surface area contributed by atoms with Crippen LogP contribution in [-0.2, 0) is 6.61 Å². The Morgan fingerprint density at radius 1 is 1.16 bits per heavy atom. The van der Waals surface area contributed by atoms with Crippen LogP contribution in [0.2, 0.25) is 5.02 Å². The minimum absolute atomic E-state index is 0.398. The second kappa shape index (κ2) is 5.85. The van der Waals surface area contributed by atoms with Gasteiger partial charge in [0, 0.05) is 16.3 Å². The normalized spacial score (nSPS) is 10.3. The molecule has 0 saturated carbocycles. The Morgan fingerprint density at radius 2 is 1.95 bits per heavy atom. The van der Waals surface area contributed by atoms with Crippen LogP contribution in [0.3, 0.4) is 0 Å². The highest BCUT2D eigenvalue weighted by Crippen LogP contribution is 2.25. The molecule has 0 spiro atoms. The maximum Gasteiger partial charge on any atom is 0.125 e. The number of nitrogens with two attached hydrogens (primary N) is 1. The van der Waals surface area contributed by atoms with Crippen molar-refractivity contribution in [3.8, 4) is 11.5 Å². The third-order valence-corrected chi connectivity index (χ3v) is 3.25. The largest absolute Gasteiger partial charge is 0.496 e. The molecule has 0 aliphatic heterocycles. The molecule has 0 unspecified atom stereocenters. The van der Waals surface area contributed by atoms with E-state index in [0.29, 0.717) is 12.3 Å². The number of hydrogen-bond donors (Lipinski definition) is 1. The predicted molar refractivity (Wildman–Crippen MR) is 77.9 cm³/mol. The highest BCUT2D eigenvalue weighted by Gasteiger charge is 2.05. The number of rotatable bonds is 4. The van der Waals surface area contributed by atoms with E-state index in [2.05, 4.69) is 0 Å². The Labute approximate surface area is 117 Å². The van der Waals surface area contributed by atoms with Crippen LogP contribution in [0, 0.1) is 6.92 Å². The first kappa shape index (κ1) is 13.6. The van der Waals surface area contributed by atoms with Gasteiger partial charge in [0.25, 0.3) is 0 Å². The summed E-state index contributed by atoms with van der Waals surface area (Å²) in [5, 5.41) is 0.730. The predicted octanol–water partition coefficient (Wildman–Crippen LogP) is 3.82. The highest BCUT2D eigenvalue weighted by atomic mass is 35.5. The van der Waals surface area contributed by atoms with Crippen molar-refractivity contribution in [1.82, 2.24) is 0 Å². The number of aryl methyl sites for hydroxylation is 1. The zero-order chi connectivity index (χ0) is 13.8. The summed E-state index contributed by atoms with van der Waals surface area (Å²) in [5.41, 5.74) is 8.35. The van der Waals surface area contributed by atoms with Crippen molar-refractivity contribution in [2.45, 2.75) is 13.5 Å². The van der Waals surface area contributed by atoms with Crippen molar-refractivity contribution < 1.29 is 9.47 Å². The van der Waals surface area contributed by atoms with Crippen LogP contribution < -0.4 is 15.2 Å². The van der Waals surface area contributed by atoms with E-state index in [1.807, 2.05) is 37.3 Å². The van der Waals surface area contributed by atoms with E-state index in [1.54, 1.807) is 13.2 Å². The fraction of sp³-hybridized carbons (Fsp3) is 0.200. The van der Waals surface area contributed by atoms with Crippen molar-refractivity contribution in [1.29, 1.82) is 0 Å². The molecular formula is C15H16ClNO2. The number of nitrogen functional groups attached to an aromatic ring is 1. The molecule has 2 rings (SSSR count). The first-order chi connectivity index (χ1) is 9.10. The van der Waals surface area contributed by atoms with Gasteiger partial charge in [0.1, 0.15) is 18.1 Å². The van der Waals surface area contributed by atoms with Crippen LogP contribution in [0.4, 0.5) is 5.69 Å². The van der Waals surface area contributed by atoms with E-state index >= 15 is 0 Å². The molecule has 19 heavy (non-hydrogen) atoms. The van der Waals surface area contributed by atoms with Gasteiger partial charge in [0.05, 0.1) is 7.11 Å². The monoisotopic (exact) mass is 277 g/mol. The first-order valence-electron chi connectivity index (χ1n) is 5.91. The van der Waals surface area contributed by atoms with Crippen molar-refractivity contribution >= 4 is 17.3 Å². The summed E-state index contributed by atoms with van der Waals surface area (Å²) in [5.74, 6) is 1.53. The van der Waals surface area contributed by atoms with E-state index in [-0.39, 0.29) is 0 Å². The maximum atomic E-state index is 5.97. The third-order valence-electron chi connectivity index (χ3n) is 2.83. The van der Waals surface area contributed by atoms with Gasteiger partial charge in [-0.1, -0.05) is 11.6 Å². The van der Waals surface area contributed by atoms with Gasteiger partial charge >= 0.3 is 0 Å². The number of benzene rings is 2. The lowest BCUT2D eigenvalue weighted by Gasteiger charge is -2.11. The average molecular weight is 278 g/mol. The molecule has 2 aromatic rings. The highest BCUT2D eigenvalue weighted by molar-refractivity contribution is 6.31. The molecule has 0 saturated heterocycles. The van der Waals surface area contributed by atoms with Gasteiger partial charge in [0.15, 0.2) is 0 Å². The lowest BCUT2D eigenvalue weighted by atomic mass is 10.2. The summed E-state index contributed by atoms with van der Waals surface area (Å²) < 4.78 is 11.0. The second-order valence-corrected chi connectivity index (χ2v) is 4.68. The fourth-order valence-electron chi connectivity index (χ4n) is 1.78. The standard InChI is InChI=1S/C15H16ClNO2/c1-10-7-13(4-5-14(10)16)19-9-11-8-12(17)3-6-15(11)18-2/h3-8H,9,17H2,1-2H3. The van der Waals surface area contributed by atoms with Crippen molar-refractivity contribution in [3.05, 3.63) is 52.5 Å². The van der Waals surface area contributed by atoms with Crippen molar-refractivity contribution in [3.63, 3.8) is 0 Å². The first-order valence-corrected chi connectivity index (χ1v) is 6.29. The van der Waals surface area contributed by atoms with E-state index in [4.69, 9.17) is 26.8 Å². The quantitative estimate of drug-likeness (QED) is 0.864. The van der Waals surface area contributed by atoms with E-state index < -0.39 is 0 Å². The topological polar surface area (TPSA) is 44.5 Å². The SMILES string of the molecule is COc1ccc(N)cc1COc1ccc(Cl)c(C)c1. The van der Waals surface area contributed by atoms with E-state index in [0.717, 1.165) is 27.6 Å². The minimum Gasteiger partial charge on any atom is -0.496 e. The summed E-state index contributed by atoms with van der Waals surface area (Å²) in [7, 11) is 1.63. The van der Waals surface area contributed by atoms with E-state index in [9.17, 15) is 0 Å². The molecular weight excluding hydrogens is 262 g/mol. The Morgan fingerprint density at radius 3 is 2.63 bits per heavy atom. The molecule has 0 amide bonds. The lowest BCUT2D eigenvalue weighted by molar-refractivity contribution is 0.296. The van der Waals surface area contributed by atoms with Gasteiger partial charge in [-0.2, -0.15) is 0 Å². The number of methoxy groups -OCH3 is 1. The Kier molecular flexibility index (Phi) is 4.17. The fourth-order valence-corrected chi connectivity index (χ4v) is 1.90. The summed E-state index contributed by atoms with van der Waals surface area (Å²) in [6, 6.07) is 11.1. The molecule has 2 N–H and O–H groups in total. The molecule has 0 aromatic heterocycles. The number of anilines is 1. The molecule has 0 fully saturated rings. The van der Waals surface area contributed by atoms with Gasteiger partial charge in [0.2, 0.25) is 0 Å². The van der Waals surface area contributed by atoms with Crippen LogP contribution in [0.15, 0.2) is 36.4 Å². The molecule has 0 heterocycles. The molecule has 4 heteroatoms. The summed E-state index contributed by atoms with van der Waals surface area (Å²) in [4.78, 5) is 0. The van der Waals surface area contributed by atoms with Crippen LogP contribution >= 0.6 is 11.6 Å². The van der Waals surface area contributed by atoms with Crippen LogP contribution in [-0.4, -0.2) is 7.11 Å². The molecule has 0 bridgehead atoms. The van der Waals surface area contributed by atoms with Crippen molar-refractivity contribution in [2.24, 2.45) is 0 Å². The zero-order valence-electron chi connectivity index (χ0n) is 10.9.